The van der Waals surface area contributed by atoms with Crippen molar-refractivity contribution in [1.29, 1.82) is 0 Å². The summed E-state index contributed by atoms with van der Waals surface area (Å²) in [5.74, 6) is -0.556. The Hall–Kier alpha value is -1.37. The van der Waals surface area contributed by atoms with Crippen molar-refractivity contribution in [2.45, 2.75) is 13.3 Å². The summed E-state index contributed by atoms with van der Waals surface area (Å²) in [7, 11) is 0. The van der Waals surface area contributed by atoms with Crippen LogP contribution in [0.4, 0.5) is 14.5 Å². The predicted molar refractivity (Wildman–Crippen MR) is 55.8 cm³/mol. The van der Waals surface area contributed by atoms with Gasteiger partial charge in [-0.3, -0.25) is 14.9 Å². The molecule has 0 saturated carbocycles. The maximum absolute atomic E-state index is 12.4. The summed E-state index contributed by atoms with van der Waals surface area (Å²) < 4.78 is 24.8. The SMILES string of the molecule is CC(=O)c1c(Br)cc(C(F)F)cc1[N+](=O)[O-]. The van der Waals surface area contributed by atoms with Crippen LogP contribution in [0.1, 0.15) is 29.3 Å². The van der Waals surface area contributed by atoms with Gasteiger partial charge in [-0.15, -0.1) is 0 Å². The second kappa shape index (κ2) is 4.65. The van der Waals surface area contributed by atoms with Gasteiger partial charge in [0, 0.05) is 16.1 Å². The molecule has 0 fully saturated rings. The predicted octanol–water partition coefficient (Wildman–Crippen LogP) is 3.50. The zero-order valence-electron chi connectivity index (χ0n) is 8.04. The molecule has 0 bridgehead atoms. The minimum Gasteiger partial charge on any atom is -0.294 e. The first kappa shape index (κ1) is 12.7. The molecule has 0 amide bonds. The Morgan fingerprint density at radius 2 is 2.06 bits per heavy atom. The molecule has 0 aliphatic rings. The lowest BCUT2D eigenvalue weighted by Crippen LogP contribution is -2.03. The fraction of sp³-hybridized carbons (Fsp3) is 0.222. The number of benzene rings is 1. The van der Waals surface area contributed by atoms with Crippen LogP contribution in [0.15, 0.2) is 16.6 Å². The Morgan fingerprint density at radius 3 is 2.44 bits per heavy atom. The van der Waals surface area contributed by atoms with Gasteiger partial charge in [0.15, 0.2) is 5.78 Å². The van der Waals surface area contributed by atoms with E-state index in [1.165, 1.54) is 0 Å². The molecule has 1 aromatic rings. The summed E-state index contributed by atoms with van der Waals surface area (Å²) in [5.41, 5.74) is -1.31. The van der Waals surface area contributed by atoms with Crippen molar-refractivity contribution in [3.05, 3.63) is 37.8 Å². The van der Waals surface area contributed by atoms with Crippen LogP contribution in [0.25, 0.3) is 0 Å². The van der Waals surface area contributed by atoms with Crippen LogP contribution in [0, 0.1) is 10.1 Å². The van der Waals surface area contributed by atoms with E-state index in [4.69, 9.17) is 0 Å². The summed E-state index contributed by atoms with van der Waals surface area (Å²) in [6, 6.07) is 1.72. The van der Waals surface area contributed by atoms with Crippen molar-refractivity contribution >= 4 is 27.4 Å². The van der Waals surface area contributed by atoms with Gasteiger partial charge in [-0.25, -0.2) is 8.78 Å². The standard InChI is InChI=1S/C9H6BrF2NO3/c1-4(14)8-6(10)2-5(9(11)12)3-7(8)13(15)16/h2-3,9H,1H3. The number of alkyl halides is 2. The summed E-state index contributed by atoms with van der Waals surface area (Å²) >= 11 is 2.88. The molecule has 0 unspecified atom stereocenters. The normalized spacial score (nSPS) is 10.6. The van der Waals surface area contributed by atoms with Crippen LogP contribution in [0.3, 0.4) is 0 Å². The molecule has 0 spiro atoms. The molecule has 1 rings (SSSR count). The number of carbonyl (C=O) groups excluding carboxylic acids is 1. The molecule has 0 aliphatic carbocycles. The molecular formula is C9H6BrF2NO3. The van der Waals surface area contributed by atoms with Crippen molar-refractivity contribution in [3.8, 4) is 0 Å². The molecule has 0 saturated heterocycles. The lowest BCUT2D eigenvalue weighted by Gasteiger charge is -2.05. The van der Waals surface area contributed by atoms with Crippen LogP contribution in [0.2, 0.25) is 0 Å². The Balaban J connectivity index is 3.52. The third-order valence-corrected chi connectivity index (χ3v) is 2.52. The van der Waals surface area contributed by atoms with E-state index in [-0.39, 0.29) is 10.0 Å². The number of nitro groups is 1. The number of halogens is 3. The van der Waals surface area contributed by atoms with Crippen molar-refractivity contribution in [2.24, 2.45) is 0 Å². The number of rotatable bonds is 3. The highest BCUT2D eigenvalue weighted by Gasteiger charge is 2.24. The van der Waals surface area contributed by atoms with Crippen LogP contribution in [-0.4, -0.2) is 10.7 Å². The quantitative estimate of drug-likeness (QED) is 0.487. The smallest absolute Gasteiger partial charge is 0.281 e. The van der Waals surface area contributed by atoms with Crippen molar-refractivity contribution in [1.82, 2.24) is 0 Å². The molecule has 16 heavy (non-hydrogen) atoms. The van der Waals surface area contributed by atoms with Crippen molar-refractivity contribution in [2.75, 3.05) is 0 Å². The van der Waals surface area contributed by atoms with Gasteiger partial charge >= 0.3 is 0 Å². The Morgan fingerprint density at radius 1 is 1.50 bits per heavy atom. The van der Waals surface area contributed by atoms with Crippen LogP contribution in [-0.2, 0) is 0 Å². The highest BCUT2D eigenvalue weighted by molar-refractivity contribution is 9.10. The van der Waals surface area contributed by atoms with E-state index in [1.54, 1.807) is 0 Å². The number of hydrogen-bond donors (Lipinski definition) is 0. The number of nitrogens with zero attached hydrogens (tertiary/aromatic N) is 1. The molecule has 0 aliphatic heterocycles. The van der Waals surface area contributed by atoms with E-state index in [0.717, 1.165) is 13.0 Å². The molecule has 0 radical (unpaired) electrons. The first-order valence-corrected chi connectivity index (χ1v) is 4.90. The van der Waals surface area contributed by atoms with E-state index in [9.17, 15) is 23.7 Å². The third kappa shape index (κ3) is 2.41. The maximum Gasteiger partial charge on any atom is 0.281 e. The van der Waals surface area contributed by atoms with E-state index in [0.29, 0.717) is 6.07 Å². The van der Waals surface area contributed by atoms with Gasteiger partial charge in [-0.05, 0) is 28.9 Å². The summed E-state index contributed by atoms with van der Waals surface area (Å²) in [6.07, 6.45) is -2.82. The summed E-state index contributed by atoms with van der Waals surface area (Å²) in [4.78, 5) is 20.9. The number of hydrogen-bond acceptors (Lipinski definition) is 3. The molecule has 1 aromatic carbocycles. The highest BCUT2D eigenvalue weighted by atomic mass is 79.9. The molecule has 0 heterocycles. The largest absolute Gasteiger partial charge is 0.294 e. The van der Waals surface area contributed by atoms with Gasteiger partial charge in [0.05, 0.1) is 4.92 Å². The molecule has 7 heteroatoms. The van der Waals surface area contributed by atoms with Crippen LogP contribution in [0.5, 0.6) is 0 Å². The van der Waals surface area contributed by atoms with E-state index < -0.39 is 28.4 Å². The first-order valence-electron chi connectivity index (χ1n) is 4.11. The second-order valence-electron chi connectivity index (χ2n) is 3.01. The fourth-order valence-corrected chi connectivity index (χ4v) is 1.98. The molecule has 0 N–H and O–H groups in total. The number of ketones is 1. The first-order chi connectivity index (χ1) is 7.34. The lowest BCUT2D eigenvalue weighted by atomic mass is 10.1. The Bertz CT molecular complexity index is 462. The molecule has 4 nitrogen and oxygen atoms in total. The Labute approximate surface area is 97.5 Å². The summed E-state index contributed by atoms with van der Waals surface area (Å²) in [5, 5.41) is 10.6. The third-order valence-electron chi connectivity index (χ3n) is 1.89. The van der Waals surface area contributed by atoms with Gasteiger partial charge in [-0.2, -0.15) is 0 Å². The topological polar surface area (TPSA) is 60.2 Å². The molecule has 86 valence electrons. The number of nitro benzene ring substituents is 1. The van der Waals surface area contributed by atoms with Gasteiger partial charge in [0.2, 0.25) is 0 Å². The molecule has 0 atom stereocenters. The lowest BCUT2D eigenvalue weighted by molar-refractivity contribution is -0.385. The van der Waals surface area contributed by atoms with E-state index in [1.807, 2.05) is 0 Å². The summed E-state index contributed by atoms with van der Waals surface area (Å²) in [6.45, 7) is 1.13. The van der Waals surface area contributed by atoms with Crippen molar-refractivity contribution < 1.29 is 18.5 Å². The Kier molecular flexibility index (Phi) is 3.69. The highest BCUT2D eigenvalue weighted by Crippen LogP contribution is 2.33. The maximum atomic E-state index is 12.4. The van der Waals surface area contributed by atoms with Gasteiger partial charge in [0.25, 0.3) is 12.1 Å². The van der Waals surface area contributed by atoms with E-state index >= 15 is 0 Å². The second-order valence-corrected chi connectivity index (χ2v) is 3.87. The minimum absolute atomic E-state index is 0.00417. The zero-order valence-corrected chi connectivity index (χ0v) is 9.62. The van der Waals surface area contributed by atoms with Crippen molar-refractivity contribution in [3.63, 3.8) is 0 Å². The monoisotopic (exact) mass is 293 g/mol. The zero-order chi connectivity index (χ0) is 12.5. The number of carbonyl (C=O) groups is 1. The van der Waals surface area contributed by atoms with Crippen LogP contribution >= 0.6 is 15.9 Å². The van der Waals surface area contributed by atoms with Gasteiger partial charge in [0.1, 0.15) is 5.56 Å². The number of Topliss-reactive ketones (excluding diaryl/α,β-unsaturated/α-hetero) is 1. The minimum atomic E-state index is -2.82. The fourth-order valence-electron chi connectivity index (χ4n) is 1.23. The average molecular weight is 294 g/mol. The average Bonchev–Trinajstić information content (AvgIpc) is 2.15. The molecular weight excluding hydrogens is 288 g/mol. The van der Waals surface area contributed by atoms with Gasteiger partial charge < -0.3 is 0 Å². The van der Waals surface area contributed by atoms with E-state index in [2.05, 4.69) is 15.9 Å². The molecule has 0 aromatic heterocycles. The van der Waals surface area contributed by atoms with Crippen LogP contribution < -0.4 is 0 Å². The van der Waals surface area contributed by atoms with Gasteiger partial charge in [-0.1, -0.05) is 0 Å².